The minimum absolute atomic E-state index is 0.0631. The molecule has 2 atom stereocenters. The second kappa shape index (κ2) is 53.2. The molecule has 0 aliphatic carbocycles. The molecule has 6 heteroatoms. The first-order chi connectivity index (χ1) is 33.1. The third kappa shape index (κ3) is 53.8. The van der Waals surface area contributed by atoms with Gasteiger partial charge >= 0.3 is 17.9 Å². The van der Waals surface area contributed by atoms with Crippen LogP contribution < -0.4 is 0 Å². The van der Waals surface area contributed by atoms with Crippen LogP contribution in [0.1, 0.15) is 343 Å². The van der Waals surface area contributed by atoms with E-state index >= 15 is 0 Å². The van der Waals surface area contributed by atoms with Gasteiger partial charge < -0.3 is 14.2 Å². The maximum atomic E-state index is 12.9. The van der Waals surface area contributed by atoms with Crippen LogP contribution in [0.4, 0.5) is 0 Å². The topological polar surface area (TPSA) is 78.9 Å². The smallest absolute Gasteiger partial charge is 0.306 e. The number of ether oxygens (including phenoxy) is 3. The molecule has 0 aromatic rings. The fraction of sp³-hybridized carbons (Fsp3) is 0.952. The molecule has 0 rings (SSSR count). The molecule has 0 aliphatic heterocycles. The number of rotatable bonds is 55. The molecule has 68 heavy (non-hydrogen) atoms. The lowest BCUT2D eigenvalue weighted by Gasteiger charge is -2.18. The van der Waals surface area contributed by atoms with Crippen molar-refractivity contribution in [3.05, 3.63) is 0 Å². The van der Waals surface area contributed by atoms with Crippen molar-refractivity contribution in [2.75, 3.05) is 13.2 Å². The molecule has 0 bridgehead atoms. The van der Waals surface area contributed by atoms with E-state index in [2.05, 4.69) is 41.5 Å². The highest BCUT2D eigenvalue weighted by atomic mass is 16.6. The highest BCUT2D eigenvalue weighted by Crippen LogP contribution is 2.19. The molecule has 0 radical (unpaired) electrons. The summed E-state index contributed by atoms with van der Waals surface area (Å²) < 4.78 is 16.9. The molecule has 0 aliphatic rings. The average Bonchev–Trinajstić information content (AvgIpc) is 3.31. The summed E-state index contributed by atoms with van der Waals surface area (Å²) in [6, 6.07) is 0. The standard InChI is InChI=1S/C62H120O6/c1-7-58(6)50-44-38-32-26-20-14-11-12-16-22-28-34-40-46-52-61(64)67-55-59(68-62(65)53-47-41-35-29-23-17-19-25-31-37-43-49-57(4)5)54-66-60(63)51-45-39-33-27-21-15-10-8-9-13-18-24-30-36-42-48-56(2)3/h56-59H,7-55H2,1-6H3/t58?,59-/m1/s1. The lowest BCUT2D eigenvalue weighted by atomic mass is 9.99. The summed E-state index contributed by atoms with van der Waals surface area (Å²) >= 11 is 0. The number of hydrogen-bond acceptors (Lipinski definition) is 6. The van der Waals surface area contributed by atoms with Gasteiger partial charge in [0, 0.05) is 19.3 Å². The van der Waals surface area contributed by atoms with E-state index in [-0.39, 0.29) is 31.1 Å². The highest BCUT2D eigenvalue weighted by Gasteiger charge is 2.19. The summed E-state index contributed by atoms with van der Waals surface area (Å²) in [7, 11) is 0. The van der Waals surface area contributed by atoms with Crippen molar-refractivity contribution in [3.63, 3.8) is 0 Å². The molecule has 0 spiro atoms. The lowest BCUT2D eigenvalue weighted by Crippen LogP contribution is -2.30. The highest BCUT2D eigenvalue weighted by molar-refractivity contribution is 5.71. The van der Waals surface area contributed by atoms with E-state index in [0.717, 1.165) is 75.5 Å². The maximum absolute atomic E-state index is 12.9. The first kappa shape index (κ1) is 66.4. The van der Waals surface area contributed by atoms with Crippen LogP contribution in [0.5, 0.6) is 0 Å². The van der Waals surface area contributed by atoms with Gasteiger partial charge in [0.2, 0.25) is 0 Å². The second-order valence-electron chi connectivity index (χ2n) is 22.5. The van der Waals surface area contributed by atoms with Crippen molar-refractivity contribution >= 4 is 17.9 Å². The van der Waals surface area contributed by atoms with Gasteiger partial charge in [-0.05, 0) is 37.0 Å². The normalized spacial score (nSPS) is 12.5. The minimum Gasteiger partial charge on any atom is -0.462 e. The zero-order chi connectivity index (χ0) is 49.8. The molecule has 0 saturated heterocycles. The zero-order valence-corrected chi connectivity index (χ0v) is 46.9. The number of carbonyl (C=O) groups is 3. The molecule has 0 heterocycles. The monoisotopic (exact) mass is 961 g/mol. The third-order valence-electron chi connectivity index (χ3n) is 14.5. The number of hydrogen-bond donors (Lipinski definition) is 0. The predicted octanol–water partition coefficient (Wildman–Crippen LogP) is 20.3. The van der Waals surface area contributed by atoms with Crippen molar-refractivity contribution < 1.29 is 28.6 Å². The van der Waals surface area contributed by atoms with Crippen LogP contribution in [0.2, 0.25) is 0 Å². The van der Waals surface area contributed by atoms with Crippen LogP contribution in [0.25, 0.3) is 0 Å². The average molecular weight is 962 g/mol. The second-order valence-corrected chi connectivity index (χ2v) is 22.5. The summed E-state index contributed by atoms with van der Waals surface area (Å²) in [6.45, 7) is 13.8. The molecule has 0 aromatic heterocycles. The summed E-state index contributed by atoms with van der Waals surface area (Å²) in [5.74, 6) is 1.73. The Hall–Kier alpha value is -1.59. The van der Waals surface area contributed by atoms with Gasteiger partial charge in [-0.2, -0.15) is 0 Å². The summed E-state index contributed by atoms with van der Waals surface area (Å²) in [6.07, 6.45) is 56.6. The SMILES string of the molecule is CCC(C)CCCCCCCCCCCCCCCCC(=O)OC[C@@H](COC(=O)CCCCCCCCCCCCCCCCCC(C)C)OC(=O)CCCCCCCCCCCCCC(C)C. The Kier molecular flexibility index (Phi) is 52.0. The van der Waals surface area contributed by atoms with E-state index in [1.54, 1.807) is 0 Å². The Labute approximate surface area is 425 Å². The largest absolute Gasteiger partial charge is 0.462 e. The quantitative estimate of drug-likeness (QED) is 0.0343. The van der Waals surface area contributed by atoms with Gasteiger partial charge in [0.25, 0.3) is 0 Å². The number of unbranched alkanes of at least 4 members (excludes halogenated alkanes) is 37. The van der Waals surface area contributed by atoms with Gasteiger partial charge in [-0.3, -0.25) is 14.4 Å². The molecule has 404 valence electrons. The van der Waals surface area contributed by atoms with Gasteiger partial charge in [-0.1, -0.05) is 305 Å². The Morgan fingerprint density at radius 1 is 0.294 bits per heavy atom. The van der Waals surface area contributed by atoms with Gasteiger partial charge in [0.05, 0.1) is 0 Å². The Morgan fingerprint density at radius 3 is 0.765 bits per heavy atom. The Morgan fingerprint density at radius 2 is 0.515 bits per heavy atom. The summed E-state index contributed by atoms with van der Waals surface area (Å²) in [5.41, 5.74) is 0. The van der Waals surface area contributed by atoms with E-state index in [1.807, 2.05) is 0 Å². The summed E-state index contributed by atoms with van der Waals surface area (Å²) in [4.78, 5) is 38.2. The van der Waals surface area contributed by atoms with Gasteiger partial charge in [0.15, 0.2) is 6.10 Å². The number of esters is 3. The van der Waals surface area contributed by atoms with Gasteiger partial charge in [-0.25, -0.2) is 0 Å². The molecular formula is C62H120O6. The summed E-state index contributed by atoms with van der Waals surface area (Å²) in [5, 5.41) is 0. The Bertz CT molecular complexity index is 1060. The van der Waals surface area contributed by atoms with Crippen molar-refractivity contribution in [2.45, 2.75) is 349 Å². The van der Waals surface area contributed by atoms with Crippen LogP contribution in [0, 0.1) is 17.8 Å². The Balaban J connectivity index is 4.28. The van der Waals surface area contributed by atoms with Crippen LogP contribution >= 0.6 is 0 Å². The minimum atomic E-state index is -0.764. The fourth-order valence-corrected chi connectivity index (χ4v) is 9.50. The molecule has 0 amide bonds. The molecular weight excluding hydrogens is 841 g/mol. The van der Waals surface area contributed by atoms with Crippen molar-refractivity contribution in [2.24, 2.45) is 17.8 Å². The van der Waals surface area contributed by atoms with E-state index in [1.165, 1.54) is 225 Å². The molecule has 0 aromatic carbocycles. The molecule has 0 saturated carbocycles. The molecule has 0 fully saturated rings. The zero-order valence-electron chi connectivity index (χ0n) is 46.9. The van der Waals surface area contributed by atoms with Crippen LogP contribution in [0.3, 0.4) is 0 Å². The predicted molar refractivity (Wildman–Crippen MR) is 293 cm³/mol. The van der Waals surface area contributed by atoms with E-state index in [9.17, 15) is 14.4 Å². The van der Waals surface area contributed by atoms with Crippen molar-refractivity contribution in [3.8, 4) is 0 Å². The molecule has 6 nitrogen and oxygen atoms in total. The van der Waals surface area contributed by atoms with Crippen molar-refractivity contribution in [1.29, 1.82) is 0 Å². The van der Waals surface area contributed by atoms with Crippen LogP contribution in [-0.2, 0) is 28.6 Å². The maximum Gasteiger partial charge on any atom is 0.306 e. The van der Waals surface area contributed by atoms with Crippen LogP contribution in [0.15, 0.2) is 0 Å². The fourth-order valence-electron chi connectivity index (χ4n) is 9.50. The van der Waals surface area contributed by atoms with Crippen LogP contribution in [-0.4, -0.2) is 37.2 Å². The first-order valence-corrected chi connectivity index (χ1v) is 30.6. The van der Waals surface area contributed by atoms with E-state index in [4.69, 9.17) is 14.2 Å². The van der Waals surface area contributed by atoms with E-state index < -0.39 is 6.10 Å². The first-order valence-electron chi connectivity index (χ1n) is 30.6. The number of carbonyl (C=O) groups excluding carboxylic acids is 3. The van der Waals surface area contributed by atoms with Gasteiger partial charge in [0.1, 0.15) is 13.2 Å². The van der Waals surface area contributed by atoms with E-state index in [0.29, 0.717) is 19.3 Å². The van der Waals surface area contributed by atoms with Crippen molar-refractivity contribution in [1.82, 2.24) is 0 Å². The third-order valence-corrected chi connectivity index (χ3v) is 14.5. The molecule has 0 N–H and O–H groups in total. The molecule has 1 unspecified atom stereocenters. The lowest BCUT2D eigenvalue weighted by molar-refractivity contribution is -0.167. The van der Waals surface area contributed by atoms with Gasteiger partial charge in [-0.15, -0.1) is 0 Å².